The van der Waals surface area contributed by atoms with Gasteiger partial charge in [-0.25, -0.2) is 0 Å². The first-order valence-corrected chi connectivity index (χ1v) is 17.6. The summed E-state index contributed by atoms with van der Waals surface area (Å²) in [5, 5.41) is 6.80. The van der Waals surface area contributed by atoms with Crippen molar-refractivity contribution in [3.63, 3.8) is 0 Å². The molecule has 244 valence electrons. The minimum Gasteiger partial charge on any atom is -0.456 e. The summed E-state index contributed by atoms with van der Waals surface area (Å²) in [7, 11) is 0. The normalized spacial score (nSPS) is 11.8. The first-order valence-electron chi connectivity index (χ1n) is 17.6. The number of rotatable bonds is 5. The quantitative estimate of drug-likeness (QED) is 0.183. The lowest BCUT2D eigenvalue weighted by Gasteiger charge is -2.26. The molecule has 0 fully saturated rings. The SMILES string of the molecule is c1ccc(-n2c3ccccc3c3cccc(-c4ccc(N(c5cccc6c5oc5ccccc56)c5cccc6oc7ccccc7c56)cc4)c32)cc1. The highest BCUT2D eigenvalue weighted by Crippen LogP contribution is 2.47. The fraction of sp³-hybridized carbons (Fsp3) is 0. The lowest BCUT2D eigenvalue weighted by atomic mass is 10.0. The Labute approximate surface area is 299 Å². The zero-order chi connectivity index (χ0) is 34.2. The molecule has 0 unspecified atom stereocenters. The number of aromatic nitrogens is 1. The molecule has 52 heavy (non-hydrogen) atoms. The van der Waals surface area contributed by atoms with Crippen LogP contribution in [-0.2, 0) is 0 Å². The third-order valence-electron chi connectivity index (χ3n) is 10.4. The molecule has 4 nitrogen and oxygen atoms in total. The number of anilines is 3. The van der Waals surface area contributed by atoms with Crippen molar-refractivity contribution >= 4 is 82.7 Å². The van der Waals surface area contributed by atoms with Crippen LogP contribution >= 0.6 is 0 Å². The van der Waals surface area contributed by atoms with Crippen molar-refractivity contribution in [2.45, 2.75) is 0 Å². The Bertz CT molecular complexity index is 3130. The van der Waals surface area contributed by atoms with Gasteiger partial charge < -0.3 is 18.3 Å². The molecule has 0 amide bonds. The standard InChI is InChI=1S/C48H30N2O2/c1-2-13-32(14-3-1)50-40-21-7-4-15-35(40)37-19-10-18-34(47(37)50)31-27-29-33(30-28-31)49(41-22-12-26-45-46(41)39-17-6-9-25-44(39)51-45)42-23-11-20-38-36-16-5-8-24-43(36)52-48(38)42/h1-30H. The molecule has 3 aromatic heterocycles. The van der Waals surface area contributed by atoms with Gasteiger partial charge in [0.2, 0.25) is 0 Å². The minimum absolute atomic E-state index is 0.842. The Balaban J connectivity index is 1.15. The molecule has 0 spiro atoms. The smallest absolute Gasteiger partial charge is 0.159 e. The number of para-hydroxylation sites is 6. The van der Waals surface area contributed by atoms with Gasteiger partial charge >= 0.3 is 0 Å². The van der Waals surface area contributed by atoms with Crippen LogP contribution in [-0.4, -0.2) is 4.57 Å². The summed E-state index contributed by atoms with van der Waals surface area (Å²) in [6, 6.07) is 64.2. The molecule has 11 rings (SSSR count). The van der Waals surface area contributed by atoms with Crippen LogP contribution in [0, 0.1) is 0 Å². The lowest BCUT2D eigenvalue weighted by molar-refractivity contribution is 0.668. The van der Waals surface area contributed by atoms with Crippen molar-refractivity contribution in [1.82, 2.24) is 4.57 Å². The van der Waals surface area contributed by atoms with Crippen molar-refractivity contribution in [2.24, 2.45) is 0 Å². The van der Waals surface area contributed by atoms with E-state index in [0.717, 1.165) is 72.2 Å². The van der Waals surface area contributed by atoms with Gasteiger partial charge in [0.15, 0.2) is 5.58 Å². The first-order chi connectivity index (χ1) is 25.8. The molecule has 0 saturated carbocycles. The van der Waals surface area contributed by atoms with E-state index in [1.54, 1.807) is 0 Å². The number of benzene rings is 8. The third kappa shape index (κ3) is 4.21. The summed E-state index contributed by atoms with van der Waals surface area (Å²) in [5.74, 6) is 0. The Morgan fingerprint density at radius 1 is 0.404 bits per heavy atom. The number of furan rings is 2. The second kappa shape index (κ2) is 11.2. The summed E-state index contributed by atoms with van der Waals surface area (Å²) in [5.41, 5.74) is 12.3. The fourth-order valence-corrected chi connectivity index (χ4v) is 8.15. The minimum atomic E-state index is 0.842. The van der Waals surface area contributed by atoms with Gasteiger partial charge in [0, 0.05) is 43.9 Å². The topological polar surface area (TPSA) is 34.5 Å². The molecule has 0 N–H and O–H groups in total. The molecule has 0 aliphatic rings. The molecule has 0 aliphatic carbocycles. The van der Waals surface area contributed by atoms with Crippen LogP contribution in [0.15, 0.2) is 191 Å². The molecule has 0 saturated heterocycles. The van der Waals surface area contributed by atoms with E-state index in [4.69, 9.17) is 8.83 Å². The Hall–Kier alpha value is -7.04. The summed E-state index contributed by atoms with van der Waals surface area (Å²) < 4.78 is 15.4. The molecule has 8 aromatic carbocycles. The van der Waals surface area contributed by atoms with Crippen LogP contribution in [0.3, 0.4) is 0 Å². The number of hydrogen-bond acceptors (Lipinski definition) is 3. The van der Waals surface area contributed by atoms with Crippen LogP contribution in [0.2, 0.25) is 0 Å². The molecule has 0 atom stereocenters. The van der Waals surface area contributed by atoms with E-state index >= 15 is 0 Å². The zero-order valence-electron chi connectivity index (χ0n) is 28.0. The van der Waals surface area contributed by atoms with Crippen LogP contribution in [0.25, 0.3) is 82.5 Å². The number of nitrogens with zero attached hydrogens (tertiary/aromatic N) is 2. The van der Waals surface area contributed by atoms with Crippen LogP contribution < -0.4 is 4.90 Å². The Morgan fingerprint density at radius 2 is 1.02 bits per heavy atom. The molecule has 11 aromatic rings. The molecular weight excluding hydrogens is 637 g/mol. The lowest BCUT2D eigenvalue weighted by Crippen LogP contribution is -2.10. The van der Waals surface area contributed by atoms with Gasteiger partial charge in [-0.15, -0.1) is 0 Å². The van der Waals surface area contributed by atoms with E-state index < -0.39 is 0 Å². The molecule has 4 heteroatoms. The fourth-order valence-electron chi connectivity index (χ4n) is 8.15. The van der Waals surface area contributed by atoms with E-state index in [2.05, 4.69) is 161 Å². The van der Waals surface area contributed by atoms with Gasteiger partial charge in [-0.3, -0.25) is 0 Å². The summed E-state index contributed by atoms with van der Waals surface area (Å²) in [4.78, 5) is 2.32. The van der Waals surface area contributed by atoms with Crippen molar-refractivity contribution < 1.29 is 8.83 Å². The maximum atomic E-state index is 6.65. The highest BCUT2D eigenvalue weighted by Gasteiger charge is 2.23. The van der Waals surface area contributed by atoms with Crippen molar-refractivity contribution in [1.29, 1.82) is 0 Å². The molecule has 0 aliphatic heterocycles. The molecule has 0 radical (unpaired) electrons. The monoisotopic (exact) mass is 666 g/mol. The Morgan fingerprint density at radius 3 is 1.87 bits per heavy atom. The van der Waals surface area contributed by atoms with Crippen molar-refractivity contribution in [3.8, 4) is 16.8 Å². The van der Waals surface area contributed by atoms with Gasteiger partial charge in [-0.05, 0) is 66.2 Å². The maximum Gasteiger partial charge on any atom is 0.159 e. The highest BCUT2D eigenvalue weighted by atomic mass is 16.3. The molecular formula is C48H30N2O2. The second-order valence-electron chi connectivity index (χ2n) is 13.3. The van der Waals surface area contributed by atoms with E-state index in [-0.39, 0.29) is 0 Å². The van der Waals surface area contributed by atoms with Gasteiger partial charge in [0.05, 0.1) is 27.8 Å². The van der Waals surface area contributed by atoms with Crippen LogP contribution in [0.1, 0.15) is 0 Å². The molecule has 0 bridgehead atoms. The second-order valence-corrected chi connectivity index (χ2v) is 13.3. The van der Waals surface area contributed by atoms with E-state index in [9.17, 15) is 0 Å². The van der Waals surface area contributed by atoms with Crippen LogP contribution in [0.5, 0.6) is 0 Å². The predicted molar refractivity (Wildman–Crippen MR) is 215 cm³/mol. The van der Waals surface area contributed by atoms with Gasteiger partial charge in [0.1, 0.15) is 16.7 Å². The average Bonchev–Trinajstić information content (AvgIpc) is 3.89. The van der Waals surface area contributed by atoms with Gasteiger partial charge in [-0.1, -0.05) is 121 Å². The van der Waals surface area contributed by atoms with E-state index in [1.807, 2.05) is 30.3 Å². The average molecular weight is 667 g/mol. The third-order valence-corrected chi connectivity index (χ3v) is 10.4. The maximum absolute atomic E-state index is 6.65. The first kappa shape index (κ1) is 28.8. The van der Waals surface area contributed by atoms with Gasteiger partial charge in [-0.2, -0.15) is 0 Å². The van der Waals surface area contributed by atoms with Crippen molar-refractivity contribution in [3.05, 3.63) is 182 Å². The molecule has 3 heterocycles. The predicted octanol–water partition coefficient (Wildman–Crippen LogP) is 13.7. The van der Waals surface area contributed by atoms with E-state index in [0.29, 0.717) is 0 Å². The summed E-state index contributed by atoms with van der Waals surface area (Å²) in [6.45, 7) is 0. The van der Waals surface area contributed by atoms with Crippen molar-refractivity contribution in [2.75, 3.05) is 4.90 Å². The van der Waals surface area contributed by atoms with Crippen LogP contribution in [0.4, 0.5) is 17.1 Å². The Kier molecular flexibility index (Phi) is 6.22. The summed E-state index contributed by atoms with van der Waals surface area (Å²) in [6.07, 6.45) is 0. The van der Waals surface area contributed by atoms with Gasteiger partial charge in [0.25, 0.3) is 0 Å². The largest absolute Gasteiger partial charge is 0.456 e. The number of fused-ring (bicyclic) bond motifs is 9. The van der Waals surface area contributed by atoms with E-state index in [1.165, 1.54) is 27.4 Å². The summed E-state index contributed by atoms with van der Waals surface area (Å²) >= 11 is 0. The highest BCUT2D eigenvalue weighted by molar-refractivity contribution is 6.17. The zero-order valence-corrected chi connectivity index (χ0v) is 28.0. The number of hydrogen-bond donors (Lipinski definition) is 0.